The number of aromatic nitrogens is 2. The van der Waals surface area contributed by atoms with Gasteiger partial charge in [-0.3, -0.25) is 10.1 Å². The van der Waals surface area contributed by atoms with Crippen molar-refractivity contribution in [2.75, 3.05) is 36.0 Å². The lowest BCUT2D eigenvalue weighted by Crippen LogP contribution is -2.46. The van der Waals surface area contributed by atoms with Gasteiger partial charge in [0.15, 0.2) is 5.52 Å². The zero-order valence-corrected chi connectivity index (χ0v) is 13.1. The van der Waals surface area contributed by atoms with E-state index in [1.165, 1.54) is 12.1 Å². The number of nitro groups is 1. The molecule has 1 aromatic heterocycles. The molecule has 128 valence electrons. The highest BCUT2D eigenvalue weighted by Gasteiger charge is 2.25. The third-order valence-corrected chi connectivity index (χ3v) is 4.38. The second-order valence-corrected chi connectivity index (χ2v) is 5.75. The minimum atomic E-state index is -0.508. The minimum absolute atomic E-state index is 0.134. The number of para-hydroxylation sites is 1. The summed E-state index contributed by atoms with van der Waals surface area (Å²) in [6, 6.07) is 9.75. The molecule has 3 aromatic rings. The summed E-state index contributed by atoms with van der Waals surface area (Å²) in [5, 5.41) is 18.6. The number of nitrogens with zero attached hydrogens (tertiary/aromatic N) is 5. The van der Waals surface area contributed by atoms with Gasteiger partial charge in [-0.15, -0.1) is 0 Å². The first-order chi connectivity index (χ1) is 12.1. The van der Waals surface area contributed by atoms with Crippen LogP contribution in [0.4, 0.5) is 21.5 Å². The van der Waals surface area contributed by atoms with E-state index >= 15 is 0 Å². The molecule has 4 rings (SSSR count). The van der Waals surface area contributed by atoms with E-state index in [1.807, 2.05) is 15.9 Å². The molecule has 0 saturated carbocycles. The maximum atomic E-state index is 13.9. The normalized spacial score (nSPS) is 14.9. The van der Waals surface area contributed by atoms with Crippen LogP contribution >= 0.6 is 0 Å². The fraction of sp³-hybridized carbons (Fsp3) is 0.250. The van der Waals surface area contributed by atoms with Gasteiger partial charge in [0.1, 0.15) is 5.82 Å². The van der Waals surface area contributed by atoms with Crippen molar-refractivity contribution in [1.82, 2.24) is 10.3 Å². The van der Waals surface area contributed by atoms with Crippen molar-refractivity contribution in [3.63, 3.8) is 0 Å². The van der Waals surface area contributed by atoms with Crippen molar-refractivity contribution in [1.29, 1.82) is 0 Å². The van der Waals surface area contributed by atoms with Gasteiger partial charge in [0, 0.05) is 32.2 Å². The van der Waals surface area contributed by atoms with Crippen molar-refractivity contribution in [2.45, 2.75) is 0 Å². The zero-order valence-electron chi connectivity index (χ0n) is 13.1. The quantitative estimate of drug-likeness (QED) is 0.533. The predicted molar refractivity (Wildman–Crippen MR) is 89.3 cm³/mol. The number of hydrogen-bond acceptors (Lipinski definition) is 7. The molecule has 1 aliphatic heterocycles. The molecule has 2 aromatic carbocycles. The molecule has 1 saturated heterocycles. The van der Waals surface area contributed by atoms with E-state index in [4.69, 9.17) is 4.63 Å². The Bertz CT molecular complexity index is 936. The highest BCUT2D eigenvalue weighted by Crippen LogP contribution is 2.32. The second kappa shape index (κ2) is 6.00. The van der Waals surface area contributed by atoms with E-state index in [0.717, 1.165) is 5.69 Å². The molecule has 0 unspecified atom stereocenters. The molecule has 2 heterocycles. The summed E-state index contributed by atoms with van der Waals surface area (Å²) in [5.74, 6) is -0.241. The predicted octanol–water partition coefficient (Wildman–Crippen LogP) is 2.60. The summed E-state index contributed by atoms with van der Waals surface area (Å²) in [6.07, 6.45) is 0. The number of non-ortho nitro benzene ring substituents is 1. The first-order valence-electron chi connectivity index (χ1n) is 7.79. The highest BCUT2D eigenvalue weighted by molar-refractivity contribution is 5.93. The molecule has 0 amide bonds. The Balaban J connectivity index is 1.58. The van der Waals surface area contributed by atoms with E-state index in [9.17, 15) is 14.5 Å². The molecule has 1 fully saturated rings. The molecule has 0 aliphatic carbocycles. The topological polar surface area (TPSA) is 88.5 Å². The van der Waals surface area contributed by atoms with Gasteiger partial charge in [-0.2, -0.15) is 0 Å². The molecule has 9 heteroatoms. The standard InChI is InChI=1S/C16H14FN5O3/c17-11-3-1-2-4-12(11)20-7-9-21(10-8-20)13-5-6-14(22(23)24)16-15(13)18-25-19-16/h1-6H,7-10H2. The Labute approximate surface area is 141 Å². The number of nitro benzene ring substituents is 1. The van der Waals surface area contributed by atoms with Crippen LogP contribution in [0.1, 0.15) is 0 Å². The van der Waals surface area contributed by atoms with Crippen molar-refractivity contribution >= 4 is 28.1 Å². The number of rotatable bonds is 3. The van der Waals surface area contributed by atoms with E-state index in [-0.39, 0.29) is 17.0 Å². The van der Waals surface area contributed by atoms with Gasteiger partial charge in [0.05, 0.1) is 16.3 Å². The monoisotopic (exact) mass is 343 g/mol. The Morgan fingerprint density at radius 1 is 0.960 bits per heavy atom. The number of benzene rings is 2. The van der Waals surface area contributed by atoms with E-state index in [2.05, 4.69) is 10.3 Å². The van der Waals surface area contributed by atoms with E-state index < -0.39 is 4.92 Å². The van der Waals surface area contributed by atoms with Crippen LogP contribution in [0.3, 0.4) is 0 Å². The summed E-state index contributed by atoms with van der Waals surface area (Å²) in [5.41, 5.74) is 1.69. The van der Waals surface area contributed by atoms with Gasteiger partial charge in [-0.25, -0.2) is 9.02 Å². The van der Waals surface area contributed by atoms with Crippen molar-refractivity contribution < 1.29 is 13.9 Å². The number of halogens is 1. The third kappa shape index (κ3) is 2.63. The summed E-state index contributed by atoms with van der Waals surface area (Å²) < 4.78 is 18.6. The van der Waals surface area contributed by atoms with Gasteiger partial charge in [-0.1, -0.05) is 12.1 Å². The third-order valence-electron chi connectivity index (χ3n) is 4.38. The number of anilines is 2. The van der Waals surface area contributed by atoms with Crippen molar-refractivity contribution in [3.8, 4) is 0 Å². The number of fused-ring (bicyclic) bond motifs is 1. The molecule has 0 bridgehead atoms. The van der Waals surface area contributed by atoms with Crippen molar-refractivity contribution in [2.24, 2.45) is 0 Å². The molecule has 0 N–H and O–H groups in total. The van der Waals surface area contributed by atoms with Crippen LogP contribution in [0.5, 0.6) is 0 Å². The van der Waals surface area contributed by atoms with Gasteiger partial charge in [0.2, 0.25) is 5.52 Å². The molecule has 0 spiro atoms. The summed E-state index contributed by atoms with van der Waals surface area (Å²) in [7, 11) is 0. The Kier molecular flexibility index (Phi) is 3.68. The molecule has 25 heavy (non-hydrogen) atoms. The van der Waals surface area contributed by atoms with Gasteiger partial charge >= 0.3 is 5.69 Å². The zero-order chi connectivity index (χ0) is 17.4. The van der Waals surface area contributed by atoms with Crippen LogP contribution in [0.25, 0.3) is 11.0 Å². The maximum Gasteiger partial charge on any atom is 0.300 e. The molecule has 8 nitrogen and oxygen atoms in total. The lowest BCUT2D eigenvalue weighted by atomic mass is 10.2. The summed E-state index contributed by atoms with van der Waals surface area (Å²) in [6.45, 7) is 2.53. The fourth-order valence-corrected chi connectivity index (χ4v) is 3.14. The van der Waals surface area contributed by atoms with E-state index in [0.29, 0.717) is 37.4 Å². The highest BCUT2D eigenvalue weighted by atomic mass is 19.1. The van der Waals surface area contributed by atoms with Crippen LogP contribution in [0, 0.1) is 15.9 Å². The summed E-state index contributed by atoms with van der Waals surface area (Å²) in [4.78, 5) is 14.6. The lowest BCUT2D eigenvalue weighted by Gasteiger charge is -2.37. The largest absolute Gasteiger partial charge is 0.366 e. The maximum absolute atomic E-state index is 13.9. The Morgan fingerprint density at radius 2 is 1.60 bits per heavy atom. The van der Waals surface area contributed by atoms with Crippen LogP contribution in [-0.4, -0.2) is 41.4 Å². The first kappa shape index (κ1) is 15.3. The number of piperazine rings is 1. The van der Waals surface area contributed by atoms with Crippen LogP contribution in [0.2, 0.25) is 0 Å². The lowest BCUT2D eigenvalue weighted by molar-refractivity contribution is -0.383. The van der Waals surface area contributed by atoms with Gasteiger partial charge in [0.25, 0.3) is 0 Å². The van der Waals surface area contributed by atoms with Crippen LogP contribution in [-0.2, 0) is 0 Å². The average molecular weight is 343 g/mol. The molecule has 0 atom stereocenters. The van der Waals surface area contributed by atoms with Gasteiger partial charge in [-0.05, 0) is 28.5 Å². The molecule has 0 radical (unpaired) electrons. The number of hydrogen-bond donors (Lipinski definition) is 0. The van der Waals surface area contributed by atoms with Crippen LogP contribution in [0.15, 0.2) is 41.0 Å². The summed E-state index contributed by atoms with van der Waals surface area (Å²) >= 11 is 0. The SMILES string of the molecule is O=[N+]([O-])c1ccc(N2CCN(c3ccccc3F)CC2)c2nonc12. The first-order valence-corrected chi connectivity index (χ1v) is 7.79. The average Bonchev–Trinajstić information content (AvgIpc) is 3.11. The van der Waals surface area contributed by atoms with Crippen molar-refractivity contribution in [3.05, 3.63) is 52.3 Å². The van der Waals surface area contributed by atoms with Gasteiger partial charge < -0.3 is 9.80 Å². The molecule has 1 aliphatic rings. The minimum Gasteiger partial charge on any atom is -0.366 e. The fourth-order valence-electron chi connectivity index (χ4n) is 3.14. The molecular weight excluding hydrogens is 329 g/mol. The second-order valence-electron chi connectivity index (χ2n) is 5.75. The van der Waals surface area contributed by atoms with E-state index in [1.54, 1.807) is 18.2 Å². The molecular formula is C16H14FN5O3. The Morgan fingerprint density at radius 3 is 2.28 bits per heavy atom. The van der Waals surface area contributed by atoms with Crippen LogP contribution < -0.4 is 9.80 Å². The Hall–Kier alpha value is -3.23. The smallest absolute Gasteiger partial charge is 0.300 e.